The second-order valence-electron chi connectivity index (χ2n) is 3.82. The molecule has 0 spiro atoms. The number of hydrogen-bond donors (Lipinski definition) is 0. The molecular formula is C11H15BN2. The summed E-state index contributed by atoms with van der Waals surface area (Å²) in [6.45, 7) is 6.17. The minimum absolute atomic E-state index is 1.04. The molecule has 0 radical (unpaired) electrons. The molecule has 1 saturated heterocycles. The Hall–Kier alpha value is -1.38. The molecule has 1 aromatic rings. The lowest BCUT2D eigenvalue weighted by atomic mass is 9.96. The smallest absolute Gasteiger partial charge is 0.139 e. The third kappa shape index (κ3) is 1.50. The predicted octanol–water partition coefficient (Wildman–Crippen LogP) is 0.168. The molecule has 0 amide bonds. The zero-order valence-electron chi connectivity index (χ0n) is 8.83. The van der Waals surface area contributed by atoms with Gasteiger partial charge in [-0.15, -0.1) is 0 Å². The van der Waals surface area contributed by atoms with Crippen LogP contribution in [0.15, 0.2) is 36.7 Å². The quantitative estimate of drug-likeness (QED) is 0.577. The van der Waals surface area contributed by atoms with Crippen LogP contribution in [0, 0.1) is 0 Å². The zero-order chi connectivity index (χ0) is 10.1. The number of hydrogen-bond acceptors (Lipinski definition) is 2. The minimum atomic E-state index is 1.04. The van der Waals surface area contributed by atoms with E-state index in [1.165, 1.54) is 11.2 Å². The van der Waals surface area contributed by atoms with Gasteiger partial charge in [0.2, 0.25) is 0 Å². The molecular weight excluding hydrogens is 171 g/mol. The molecule has 14 heavy (non-hydrogen) atoms. The van der Waals surface area contributed by atoms with Gasteiger partial charge in [0, 0.05) is 25.8 Å². The second-order valence-corrected chi connectivity index (χ2v) is 3.82. The lowest BCUT2D eigenvalue weighted by molar-refractivity contribution is 0.489. The number of likely N-dealkylation sites (N-methyl/N-ethyl adjacent to an activating group) is 1. The molecule has 72 valence electrons. The monoisotopic (exact) mass is 186 g/mol. The van der Waals surface area contributed by atoms with Crippen LogP contribution in [0.5, 0.6) is 0 Å². The molecule has 0 atom stereocenters. The van der Waals surface area contributed by atoms with Gasteiger partial charge >= 0.3 is 0 Å². The summed E-state index contributed by atoms with van der Waals surface area (Å²) in [5, 5.41) is 0. The van der Waals surface area contributed by atoms with Crippen LogP contribution < -0.4 is 10.4 Å². The van der Waals surface area contributed by atoms with Crippen LogP contribution in [-0.4, -0.2) is 32.9 Å². The zero-order valence-corrected chi connectivity index (χ0v) is 8.83. The Kier molecular flexibility index (Phi) is 2.24. The second kappa shape index (κ2) is 3.41. The Morgan fingerprint density at radius 2 is 1.86 bits per heavy atom. The number of benzene rings is 1. The Bertz CT molecular complexity index is 345. The summed E-state index contributed by atoms with van der Waals surface area (Å²) < 4.78 is 0. The van der Waals surface area contributed by atoms with Crippen molar-refractivity contribution >= 4 is 19.0 Å². The van der Waals surface area contributed by atoms with E-state index >= 15 is 0 Å². The van der Waals surface area contributed by atoms with E-state index in [0.717, 1.165) is 18.9 Å². The average Bonchev–Trinajstić information content (AvgIpc) is 2.50. The third-order valence-electron chi connectivity index (χ3n) is 2.76. The Balaban J connectivity index is 2.24. The van der Waals surface area contributed by atoms with Crippen molar-refractivity contribution in [2.24, 2.45) is 0 Å². The van der Waals surface area contributed by atoms with Crippen LogP contribution in [0.3, 0.4) is 0 Å². The number of anilines is 1. The summed E-state index contributed by atoms with van der Waals surface area (Å²) in [5.74, 6) is 1.09. The van der Waals surface area contributed by atoms with E-state index < -0.39 is 0 Å². The van der Waals surface area contributed by atoms with E-state index in [9.17, 15) is 0 Å². The molecule has 1 aliphatic rings. The fourth-order valence-electron chi connectivity index (χ4n) is 1.72. The maximum Gasteiger partial charge on any atom is 0.139 e. The van der Waals surface area contributed by atoms with Gasteiger partial charge in [0.05, 0.1) is 0 Å². The minimum Gasteiger partial charge on any atom is -0.360 e. The molecule has 1 heterocycles. The molecule has 2 nitrogen and oxygen atoms in total. The lowest BCUT2D eigenvalue weighted by Gasteiger charge is -2.21. The van der Waals surface area contributed by atoms with E-state index in [0.29, 0.717) is 0 Å². The van der Waals surface area contributed by atoms with Gasteiger partial charge in [0.15, 0.2) is 0 Å². The van der Waals surface area contributed by atoms with Crippen molar-refractivity contribution in [3.05, 3.63) is 36.7 Å². The predicted molar refractivity (Wildman–Crippen MR) is 63.7 cm³/mol. The van der Waals surface area contributed by atoms with Gasteiger partial charge in [-0.25, -0.2) is 0 Å². The van der Waals surface area contributed by atoms with Crippen LogP contribution >= 0.6 is 0 Å². The average molecular weight is 186 g/mol. The maximum absolute atomic E-state index is 4.07. The van der Waals surface area contributed by atoms with Crippen molar-refractivity contribution in [2.45, 2.75) is 0 Å². The summed E-state index contributed by atoms with van der Waals surface area (Å²) in [7, 11) is 4.19. The lowest BCUT2D eigenvalue weighted by Crippen LogP contribution is -2.19. The highest BCUT2D eigenvalue weighted by Gasteiger charge is 2.20. The van der Waals surface area contributed by atoms with Gasteiger partial charge in [-0.05, 0) is 12.1 Å². The van der Waals surface area contributed by atoms with Crippen LogP contribution in [0.25, 0.3) is 0 Å². The van der Waals surface area contributed by atoms with E-state index in [-0.39, 0.29) is 0 Å². The Morgan fingerprint density at radius 1 is 1.21 bits per heavy atom. The fourth-order valence-corrected chi connectivity index (χ4v) is 1.72. The summed E-state index contributed by atoms with van der Waals surface area (Å²) in [6.07, 6.45) is 0. The van der Waals surface area contributed by atoms with Crippen LogP contribution in [0.1, 0.15) is 0 Å². The van der Waals surface area contributed by atoms with Crippen molar-refractivity contribution in [1.82, 2.24) is 4.90 Å². The van der Waals surface area contributed by atoms with Gasteiger partial charge in [0.1, 0.15) is 13.7 Å². The molecule has 0 aromatic heterocycles. The summed E-state index contributed by atoms with van der Waals surface area (Å²) in [6, 6.07) is 8.58. The maximum atomic E-state index is 4.07. The highest BCUT2D eigenvalue weighted by Crippen LogP contribution is 2.22. The summed E-state index contributed by atoms with van der Waals surface area (Å²) >= 11 is 0. The Morgan fingerprint density at radius 3 is 2.36 bits per heavy atom. The molecule has 0 saturated carbocycles. The third-order valence-corrected chi connectivity index (χ3v) is 2.76. The van der Waals surface area contributed by atoms with Gasteiger partial charge in [-0.1, -0.05) is 24.2 Å². The molecule has 0 N–H and O–H groups in total. The van der Waals surface area contributed by atoms with Crippen LogP contribution in [0.2, 0.25) is 0 Å². The standard InChI is InChI=1S/C11H15BN2/c1-9-13(2)7-8-14(9)11-5-3-10(12)4-6-11/h3-6H,1,7-8,12H2,2H3. The molecule has 0 aliphatic carbocycles. The first kappa shape index (κ1) is 9.19. The van der Waals surface area contributed by atoms with Crippen molar-refractivity contribution < 1.29 is 0 Å². The molecule has 3 heteroatoms. The topological polar surface area (TPSA) is 6.48 Å². The first-order chi connectivity index (χ1) is 6.68. The molecule has 2 rings (SSSR count). The SMILES string of the molecule is Bc1ccc(N2CCN(C)C2=C)cc1. The van der Waals surface area contributed by atoms with E-state index in [1.54, 1.807) is 0 Å². The van der Waals surface area contributed by atoms with Crippen molar-refractivity contribution in [3.8, 4) is 0 Å². The van der Waals surface area contributed by atoms with Crippen LogP contribution in [-0.2, 0) is 0 Å². The van der Waals surface area contributed by atoms with E-state index in [4.69, 9.17) is 0 Å². The fraction of sp³-hybridized carbons (Fsp3) is 0.273. The highest BCUT2D eigenvalue weighted by atomic mass is 15.4. The normalized spacial score (nSPS) is 16.5. The number of rotatable bonds is 1. The van der Waals surface area contributed by atoms with Crippen LogP contribution in [0.4, 0.5) is 5.69 Å². The molecule has 1 aliphatic heterocycles. The summed E-state index contributed by atoms with van der Waals surface area (Å²) in [5.41, 5.74) is 2.54. The van der Waals surface area contributed by atoms with Crippen molar-refractivity contribution in [2.75, 3.05) is 25.0 Å². The highest BCUT2D eigenvalue weighted by molar-refractivity contribution is 6.32. The summed E-state index contributed by atoms with van der Waals surface area (Å²) in [4.78, 5) is 4.43. The molecule has 0 unspecified atom stereocenters. The van der Waals surface area contributed by atoms with Crippen molar-refractivity contribution in [3.63, 3.8) is 0 Å². The largest absolute Gasteiger partial charge is 0.360 e. The van der Waals surface area contributed by atoms with Gasteiger partial charge < -0.3 is 9.80 Å². The van der Waals surface area contributed by atoms with E-state index in [2.05, 4.69) is 55.5 Å². The Labute approximate surface area is 86.2 Å². The van der Waals surface area contributed by atoms with Gasteiger partial charge in [-0.2, -0.15) is 0 Å². The number of nitrogens with zero attached hydrogens (tertiary/aromatic N) is 2. The van der Waals surface area contributed by atoms with Crippen molar-refractivity contribution in [1.29, 1.82) is 0 Å². The molecule has 1 aromatic carbocycles. The van der Waals surface area contributed by atoms with Gasteiger partial charge in [0.25, 0.3) is 0 Å². The first-order valence-corrected chi connectivity index (χ1v) is 4.93. The first-order valence-electron chi connectivity index (χ1n) is 4.93. The van der Waals surface area contributed by atoms with E-state index in [1.807, 2.05) is 0 Å². The molecule has 1 fully saturated rings. The van der Waals surface area contributed by atoms with Gasteiger partial charge in [-0.3, -0.25) is 0 Å². The molecule has 0 bridgehead atoms.